The quantitative estimate of drug-likeness (QED) is 0.419. The highest BCUT2D eigenvalue weighted by Gasteiger charge is 2.05. The van der Waals surface area contributed by atoms with Gasteiger partial charge in [-0.2, -0.15) is 0 Å². The van der Waals surface area contributed by atoms with Crippen LogP contribution >= 0.6 is 8.18 Å². The first kappa shape index (κ1) is 7.98. The van der Waals surface area contributed by atoms with Crippen LogP contribution in [-0.2, 0) is 9.30 Å². The van der Waals surface area contributed by atoms with Crippen molar-refractivity contribution in [3.8, 4) is 0 Å². The van der Waals surface area contributed by atoms with Crippen molar-refractivity contribution in [3.05, 3.63) is 0 Å². The summed E-state index contributed by atoms with van der Waals surface area (Å²) in [5.74, 6) is 0. The lowest BCUT2D eigenvalue weighted by Gasteiger charge is -1.88. The van der Waals surface area contributed by atoms with Gasteiger partial charge in [-0.15, -0.1) is 4.89 Å². The van der Waals surface area contributed by atoms with Gasteiger partial charge >= 0.3 is 8.18 Å². The predicted molar refractivity (Wildman–Crippen MR) is 29.7 cm³/mol. The van der Waals surface area contributed by atoms with Crippen molar-refractivity contribution in [3.63, 3.8) is 0 Å². The van der Waals surface area contributed by atoms with Gasteiger partial charge in [0.2, 0.25) is 0 Å². The van der Waals surface area contributed by atoms with Crippen molar-refractivity contribution < 1.29 is 14.2 Å². The lowest BCUT2D eigenvalue weighted by Crippen LogP contribution is -2.10. The van der Waals surface area contributed by atoms with Crippen LogP contribution in [0, 0.1) is 0 Å². The van der Waals surface area contributed by atoms with Gasteiger partial charge in [-0.05, 0) is 4.57 Å². The van der Waals surface area contributed by atoms with Gasteiger partial charge in [-0.1, -0.05) is 5.09 Å². The minimum absolute atomic E-state index is 0.419. The Balaban J connectivity index is 2.82. The fraction of sp³-hybridized carbons (Fsp3) is 1.00. The molecule has 0 aliphatic rings. The Kier molecular flexibility index (Phi) is 5.11. The molecule has 0 aromatic carbocycles. The highest BCUT2D eigenvalue weighted by molar-refractivity contribution is 7.35. The molecule has 0 aliphatic heterocycles. The SMILES string of the molecule is COCCN[P+](=O)O. The molecule has 0 saturated heterocycles. The van der Waals surface area contributed by atoms with Crippen LogP contribution in [0.4, 0.5) is 0 Å². The molecule has 0 rings (SSSR count). The summed E-state index contributed by atoms with van der Waals surface area (Å²) in [5, 5.41) is 2.29. The largest absolute Gasteiger partial charge is 0.610 e. The van der Waals surface area contributed by atoms with E-state index in [0.717, 1.165) is 0 Å². The molecule has 4 nitrogen and oxygen atoms in total. The summed E-state index contributed by atoms with van der Waals surface area (Å²) in [7, 11) is -0.658. The maximum Gasteiger partial charge on any atom is 0.610 e. The predicted octanol–water partition coefficient (Wildman–Crippen LogP) is -0.128. The van der Waals surface area contributed by atoms with E-state index >= 15 is 0 Å². The van der Waals surface area contributed by atoms with Crippen molar-refractivity contribution in [1.82, 2.24) is 5.09 Å². The van der Waals surface area contributed by atoms with E-state index in [2.05, 4.69) is 9.82 Å². The molecule has 1 atom stereocenters. The van der Waals surface area contributed by atoms with Gasteiger partial charge < -0.3 is 4.74 Å². The van der Waals surface area contributed by atoms with Gasteiger partial charge in [0, 0.05) is 7.11 Å². The zero-order valence-corrected chi connectivity index (χ0v) is 5.52. The van der Waals surface area contributed by atoms with Crippen molar-refractivity contribution in [2.24, 2.45) is 0 Å². The second-order valence-corrected chi connectivity index (χ2v) is 2.04. The average Bonchev–Trinajstić information content (AvgIpc) is 1.66. The summed E-state index contributed by atoms with van der Waals surface area (Å²) in [4.78, 5) is 8.12. The van der Waals surface area contributed by atoms with E-state index < -0.39 is 8.18 Å². The topological polar surface area (TPSA) is 58.6 Å². The third kappa shape index (κ3) is 5.98. The second-order valence-electron chi connectivity index (χ2n) is 1.17. The third-order valence-electron chi connectivity index (χ3n) is 0.553. The smallest absolute Gasteiger partial charge is 0.383 e. The normalized spacial score (nSPS) is 11.5. The number of ether oxygens (including phenoxy) is 1. The van der Waals surface area contributed by atoms with Gasteiger partial charge in [-0.3, -0.25) is 0 Å². The van der Waals surface area contributed by atoms with Crippen LogP contribution in [0.2, 0.25) is 0 Å². The first-order valence-corrected chi connectivity index (χ1v) is 3.37. The van der Waals surface area contributed by atoms with Crippen molar-refractivity contribution in [2.45, 2.75) is 0 Å². The van der Waals surface area contributed by atoms with Gasteiger partial charge in [0.05, 0.1) is 13.2 Å². The van der Waals surface area contributed by atoms with E-state index in [9.17, 15) is 4.57 Å². The minimum atomic E-state index is -2.19. The van der Waals surface area contributed by atoms with E-state index in [4.69, 9.17) is 4.89 Å². The third-order valence-corrected chi connectivity index (χ3v) is 1.05. The molecule has 0 aromatic heterocycles. The molecule has 0 saturated carbocycles. The summed E-state index contributed by atoms with van der Waals surface area (Å²) < 4.78 is 14.4. The van der Waals surface area contributed by atoms with Gasteiger partial charge in [0.15, 0.2) is 0 Å². The molecule has 2 N–H and O–H groups in total. The van der Waals surface area contributed by atoms with Gasteiger partial charge in [-0.25, -0.2) is 0 Å². The highest BCUT2D eigenvalue weighted by atomic mass is 31.1. The Morgan fingerprint density at radius 2 is 2.50 bits per heavy atom. The zero-order chi connectivity index (χ0) is 6.41. The first-order valence-electron chi connectivity index (χ1n) is 2.16. The summed E-state index contributed by atoms with van der Waals surface area (Å²) in [6.45, 7) is 0.879. The maximum absolute atomic E-state index is 9.86. The average molecular weight is 138 g/mol. The number of methoxy groups -OCH3 is 1. The highest BCUT2D eigenvalue weighted by Crippen LogP contribution is 2.01. The van der Waals surface area contributed by atoms with Crippen LogP contribution in [0.15, 0.2) is 0 Å². The number of hydrogen-bond donors (Lipinski definition) is 2. The fourth-order valence-corrected chi connectivity index (χ4v) is 0.526. The second kappa shape index (κ2) is 5.12. The molecule has 1 unspecified atom stereocenters. The first-order chi connectivity index (χ1) is 3.77. The van der Waals surface area contributed by atoms with Crippen LogP contribution in [0.3, 0.4) is 0 Å². The molecule has 0 aromatic rings. The molecule has 48 valence electrons. The molecule has 0 heterocycles. The summed E-state index contributed by atoms with van der Waals surface area (Å²) in [6.07, 6.45) is 0. The van der Waals surface area contributed by atoms with Gasteiger partial charge in [0.1, 0.15) is 0 Å². The number of nitrogens with one attached hydrogen (secondary N) is 1. The molecule has 0 amide bonds. The Hall–Kier alpha value is -0.0200. The molecular weight excluding hydrogens is 129 g/mol. The van der Waals surface area contributed by atoms with Crippen molar-refractivity contribution in [1.29, 1.82) is 0 Å². The molecule has 5 heteroatoms. The van der Waals surface area contributed by atoms with Crippen LogP contribution in [0.1, 0.15) is 0 Å². The molecule has 0 spiro atoms. The van der Waals surface area contributed by atoms with E-state index in [1.807, 2.05) is 0 Å². The van der Waals surface area contributed by atoms with Crippen LogP contribution in [0.5, 0.6) is 0 Å². The summed E-state index contributed by atoms with van der Waals surface area (Å²) in [5.41, 5.74) is 0. The number of rotatable bonds is 4. The standard InChI is InChI=1S/C3H8NO3P/c1-7-3-2-4-8(5)6/h2-3H2,1H3,(H-,4,5,6)/p+1. The Morgan fingerprint density at radius 1 is 1.88 bits per heavy atom. The zero-order valence-electron chi connectivity index (χ0n) is 4.63. The Morgan fingerprint density at radius 3 is 2.88 bits per heavy atom. The molecule has 8 heavy (non-hydrogen) atoms. The Labute approximate surface area is 48.8 Å². The van der Waals surface area contributed by atoms with E-state index in [-0.39, 0.29) is 0 Å². The fourth-order valence-electron chi connectivity index (χ4n) is 0.243. The summed E-state index contributed by atoms with van der Waals surface area (Å²) in [6, 6.07) is 0. The molecule has 0 fully saturated rings. The molecular formula is C3H9NO3P+. The van der Waals surface area contributed by atoms with Crippen LogP contribution in [0.25, 0.3) is 0 Å². The van der Waals surface area contributed by atoms with E-state index in [1.165, 1.54) is 7.11 Å². The molecule has 0 aliphatic carbocycles. The minimum Gasteiger partial charge on any atom is -0.383 e. The maximum atomic E-state index is 9.86. The molecule has 0 bridgehead atoms. The van der Waals surface area contributed by atoms with E-state index in [0.29, 0.717) is 13.2 Å². The van der Waals surface area contributed by atoms with Crippen molar-refractivity contribution in [2.75, 3.05) is 20.3 Å². The Bertz CT molecular complexity index is 76.9. The van der Waals surface area contributed by atoms with E-state index in [1.54, 1.807) is 0 Å². The number of hydrogen-bond acceptors (Lipinski definition) is 2. The lowest BCUT2D eigenvalue weighted by molar-refractivity contribution is 0.204. The van der Waals surface area contributed by atoms with Crippen LogP contribution < -0.4 is 5.09 Å². The van der Waals surface area contributed by atoms with Crippen molar-refractivity contribution >= 4 is 8.18 Å². The summed E-state index contributed by atoms with van der Waals surface area (Å²) >= 11 is 0. The lowest BCUT2D eigenvalue weighted by atomic mass is 10.7. The van der Waals surface area contributed by atoms with Crippen LogP contribution in [-0.4, -0.2) is 25.2 Å². The monoisotopic (exact) mass is 138 g/mol. The molecule has 0 radical (unpaired) electrons. The van der Waals surface area contributed by atoms with Gasteiger partial charge in [0.25, 0.3) is 0 Å².